The molecule has 0 saturated carbocycles. The number of allylic oxidation sites excluding steroid dienone is 4. The Hall–Kier alpha value is -0.643. The number of hydrogen-bond donors (Lipinski definition) is 1. The van der Waals surface area contributed by atoms with Gasteiger partial charge in [-0.25, -0.2) is 0 Å². The Bertz CT molecular complexity index is 619. The van der Waals surface area contributed by atoms with E-state index in [1.54, 1.807) is 5.57 Å². The van der Waals surface area contributed by atoms with Gasteiger partial charge in [-0.3, -0.25) is 0 Å². The van der Waals surface area contributed by atoms with E-state index in [-0.39, 0.29) is 17.1 Å². The van der Waals surface area contributed by atoms with Gasteiger partial charge in [0.05, 0.1) is 13.2 Å². The lowest BCUT2D eigenvalue weighted by Crippen LogP contribution is -2.40. The maximum absolute atomic E-state index is 9.34. The summed E-state index contributed by atoms with van der Waals surface area (Å²) in [6.07, 6.45) is 11.5. The molecule has 2 atom stereocenters. The molecule has 0 aromatic carbocycles. The molecule has 1 N–H and O–H groups in total. The first-order valence-corrected chi connectivity index (χ1v) is 14.4. The van der Waals surface area contributed by atoms with Crippen LogP contribution >= 0.6 is 0 Å². The molecule has 1 aliphatic rings. The molecular formula is C26H48O2Si. The van der Waals surface area contributed by atoms with E-state index in [4.69, 9.17) is 4.43 Å². The van der Waals surface area contributed by atoms with Crippen molar-refractivity contribution in [3.05, 3.63) is 34.9 Å². The molecule has 0 spiro atoms. The van der Waals surface area contributed by atoms with Gasteiger partial charge in [0.1, 0.15) is 0 Å². The summed E-state index contributed by atoms with van der Waals surface area (Å²) in [6.45, 7) is 23.9. The number of hydrogen-bond acceptors (Lipinski definition) is 2. The van der Waals surface area contributed by atoms with Gasteiger partial charge in [0.25, 0.3) is 0 Å². The molecule has 0 aliphatic heterocycles. The van der Waals surface area contributed by atoms with Crippen LogP contribution < -0.4 is 0 Å². The summed E-state index contributed by atoms with van der Waals surface area (Å²) in [5, 5.41) is 9.60. The lowest BCUT2D eigenvalue weighted by atomic mass is 9.67. The first kappa shape index (κ1) is 26.4. The molecular weight excluding hydrogens is 372 g/mol. The lowest BCUT2D eigenvalue weighted by Gasteiger charge is -2.38. The van der Waals surface area contributed by atoms with Crippen LogP contribution in [-0.2, 0) is 4.43 Å². The van der Waals surface area contributed by atoms with Crippen molar-refractivity contribution < 1.29 is 9.53 Å². The van der Waals surface area contributed by atoms with Crippen molar-refractivity contribution in [3.63, 3.8) is 0 Å². The summed E-state index contributed by atoms with van der Waals surface area (Å²) in [5.41, 5.74) is 4.32. The lowest BCUT2D eigenvalue weighted by molar-refractivity contribution is 0.182. The van der Waals surface area contributed by atoms with Crippen molar-refractivity contribution in [1.82, 2.24) is 0 Å². The van der Waals surface area contributed by atoms with Gasteiger partial charge in [-0.1, -0.05) is 76.5 Å². The third kappa shape index (κ3) is 7.22. The van der Waals surface area contributed by atoms with Gasteiger partial charge in [-0.15, -0.1) is 0 Å². The molecule has 0 aromatic heterocycles. The number of aliphatic hydroxyl groups is 1. The first-order valence-electron chi connectivity index (χ1n) is 11.5. The molecule has 168 valence electrons. The highest BCUT2D eigenvalue weighted by atomic mass is 28.4. The summed E-state index contributed by atoms with van der Waals surface area (Å²) in [5.74, 6) is 1.39. The van der Waals surface area contributed by atoms with Gasteiger partial charge in [-0.2, -0.15) is 0 Å². The number of rotatable bonds is 10. The van der Waals surface area contributed by atoms with Gasteiger partial charge in [0.2, 0.25) is 0 Å². The summed E-state index contributed by atoms with van der Waals surface area (Å²) in [6, 6.07) is 0. The van der Waals surface area contributed by atoms with Gasteiger partial charge < -0.3 is 9.53 Å². The summed E-state index contributed by atoms with van der Waals surface area (Å²) in [7, 11) is -1.68. The molecule has 29 heavy (non-hydrogen) atoms. The van der Waals surface area contributed by atoms with E-state index in [1.807, 2.05) is 6.92 Å². The van der Waals surface area contributed by atoms with E-state index in [9.17, 15) is 5.11 Å². The second kappa shape index (κ2) is 10.6. The largest absolute Gasteiger partial charge is 0.413 e. The fraction of sp³-hybridized carbons (Fsp3) is 0.769. The van der Waals surface area contributed by atoms with Gasteiger partial charge in [-0.05, 0) is 74.9 Å². The smallest absolute Gasteiger partial charge is 0.192 e. The molecule has 0 unspecified atom stereocenters. The maximum atomic E-state index is 9.34. The van der Waals surface area contributed by atoms with Crippen molar-refractivity contribution in [3.8, 4) is 0 Å². The van der Waals surface area contributed by atoms with Crippen molar-refractivity contribution >= 4 is 8.32 Å². The van der Waals surface area contributed by atoms with Crippen LogP contribution in [0.3, 0.4) is 0 Å². The highest BCUT2D eigenvalue weighted by Crippen LogP contribution is 2.52. The zero-order chi connectivity index (χ0) is 22.5. The molecule has 0 aromatic rings. The fourth-order valence-corrected chi connectivity index (χ4v) is 5.12. The predicted molar refractivity (Wildman–Crippen MR) is 131 cm³/mol. The quantitative estimate of drug-likeness (QED) is 0.290. The van der Waals surface area contributed by atoms with E-state index in [2.05, 4.69) is 79.8 Å². The van der Waals surface area contributed by atoms with Crippen molar-refractivity contribution in [2.45, 2.75) is 99.2 Å². The Balaban J connectivity index is 2.79. The Morgan fingerprint density at radius 1 is 1.24 bits per heavy atom. The van der Waals surface area contributed by atoms with E-state index in [0.717, 1.165) is 25.0 Å². The maximum Gasteiger partial charge on any atom is 0.192 e. The summed E-state index contributed by atoms with van der Waals surface area (Å²) < 4.78 is 6.34. The Kier molecular flexibility index (Phi) is 9.64. The summed E-state index contributed by atoms with van der Waals surface area (Å²) in [4.78, 5) is 0. The van der Waals surface area contributed by atoms with Crippen LogP contribution in [0.5, 0.6) is 0 Å². The van der Waals surface area contributed by atoms with Crippen LogP contribution in [0.2, 0.25) is 18.1 Å². The van der Waals surface area contributed by atoms with Crippen LogP contribution in [-0.4, -0.2) is 26.6 Å². The second-order valence-electron chi connectivity index (χ2n) is 11.3. The van der Waals surface area contributed by atoms with E-state index in [1.165, 1.54) is 18.4 Å². The van der Waals surface area contributed by atoms with Crippen molar-refractivity contribution in [2.24, 2.45) is 17.3 Å². The standard InChI is InChI=1S/C26H48O2Si/c1-20(2)24-14-13-23(12-11-22(4)19-27)26(24,8)17-15-21(3)16-18-28-29(9,10)25(5,6)7/h11,13,16,20,24,27H,12,14-15,17-19H2,1-10H3/b21-16+,22-11+/t24-,26+/m0/s1. The molecule has 0 bridgehead atoms. The monoisotopic (exact) mass is 420 g/mol. The van der Waals surface area contributed by atoms with E-state index >= 15 is 0 Å². The van der Waals surface area contributed by atoms with Crippen LogP contribution in [0, 0.1) is 17.3 Å². The second-order valence-corrected chi connectivity index (χ2v) is 16.1. The van der Waals surface area contributed by atoms with Crippen LogP contribution in [0.4, 0.5) is 0 Å². The molecule has 0 radical (unpaired) electrons. The Morgan fingerprint density at radius 3 is 2.38 bits per heavy atom. The molecule has 3 heteroatoms. The molecule has 0 heterocycles. The van der Waals surface area contributed by atoms with Gasteiger partial charge in [0.15, 0.2) is 8.32 Å². The highest BCUT2D eigenvalue weighted by molar-refractivity contribution is 6.74. The van der Waals surface area contributed by atoms with Crippen LogP contribution in [0.1, 0.15) is 81.1 Å². The zero-order valence-electron chi connectivity index (χ0n) is 21.0. The average Bonchev–Trinajstić information content (AvgIpc) is 2.93. The van der Waals surface area contributed by atoms with E-state index in [0.29, 0.717) is 11.8 Å². The molecule has 1 aliphatic carbocycles. The third-order valence-electron chi connectivity index (χ3n) is 7.62. The van der Waals surface area contributed by atoms with Gasteiger partial charge in [0, 0.05) is 0 Å². The fourth-order valence-electron chi connectivity index (χ4n) is 4.19. The SMILES string of the molecule is C/C(=C\CC1=CC[C@@H](C(C)C)[C@]1(C)CC/C(C)=C/CO[Si](C)(C)C(C)(C)C)CO. The summed E-state index contributed by atoms with van der Waals surface area (Å²) >= 11 is 0. The average molecular weight is 421 g/mol. The molecule has 0 saturated heterocycles. The normalized spacial score (nSPS) is 24.4. The predicted octanol–water partition coefficient (Wildman–Crippen LogP) is 7.67. The van der Waals surface area contributed by atoms with Crippen molar-refractivity contribution in [2.75, 3.05) is 13.2 Å². The van der Waals surface area contributed by atoms with Crippen molar-refractivity contribution in [1.29, 1.82) is 0 Å². The number of aliphatic hydroxyl groups excluding tert-OH is 1. The molecule has 2 nitrogen and oxygen atoms in total. The first-order chi connectivity index (χ1) is 13.2. The molecule has 0 amide bonds. The minimum Gasteiger partial charge on any atom is -0.413 e. The van der Waals surface area contributed by atoms with E-state index < -0.39 is 8.32 Å². The zero-order valence-corrected chi connectivity index (χ0v) is 22.0. The molecule has 1 rings (SSSR count). The topological polar surface area (TPSA) is 29.5 Å². The van der Waals surface area contributed by atoms with Gasteiger partial charge >= 0.3 is 0 Å². The highest BCUT2D eigenvalue weighted by Gasteiger charge is 2.41. The molecule has 0 fully saturated rings. The van der Waals surface area contributed by atoms with Crippen LogP contribution in [0.25, 0.3) is 0 Å². The Labute approximate surface area is 182 Å². The minimum atomic E-state index is -1.68. The van der Waals surface area contributed by atoms with Crippen LogP contribution in [0.15, 0.2) is 34.9 Å². The third-order valence-corrected chi connectivity index (χ3v) is 12.1. The minimum absolute atomic E-state index is 0.160. The Morgan fingerprint density at radius 2 is 1.86 bits per heavy atom.